The lowest BCUT2D eigenvalue weighted by atomic mass is 9.56. The Labute approximate surface area is 279 Å². The van der Waals surface area contributed by atoms with Crippen LogP contribution in [0.1, 0.15) is 56.9 Å². The number of piperidine rings is 1. The molecule has 7 bridgehead atoms. The van der Waals surface area contributed by atoms with Crippen molar-refractivity contribution in [3.63, 3.8) is 0 Å². The summed E-state index contributed by atoms with van der Waals surface area (Å²) in [7, 11) is 0. The van der Waals surface area contributed by atoms with Gasteiger partial charge in [0.05, 0.1) is 22.6 Å². The number of halogens is 4. The number of aromatic amines is 1. The Morgan fingerprint density at radius 3 is 2.83 bits per heavy atom. The van der Waals surface area contributed by atoms with Crippen molar-refractivity contribution < 1.29 is 22.7 Å². The molecule has 3 saturated heterocycles. The average molecular weight is 681 g/mol. The van der Waals surface area contributed by atoms with Crippen LogP contribution in [0.15, 0.2) is 18.5 Å². The second-order valence-corrected chi connectivity index (χ2v) is 15.0. The molecular formula is C34H36ClF3N8O2. The van der Waals surface area contributed by atoms with E-state index in [0.717, 1.165) is 32.2 Å². The van der Waals surface area contributed by atoms with E-state index in [1.807, 2.05) is 4.90 Å². The van der Waals surface area contributed by atoms with E-state index < -0.39 is 34.5 Å². The van der Waals surface area contributed by atoms with Crippen LogP contribution in [-0.2, 0) is 11.2 Å². The third-order valence-corrected chi connectivity index (χ3v) is 11.8. The summed E-state index contributed by atoms with van der Waals surface area (Å²) in [6.45, 7) is 2.69. The van der Waals surface area contributed by atoms with Crippen molar-refractivity contribution in [3.05, 3.63) is 34.9 Å². The highest BCUT2D eigenvalue weighted by molar-refractivity contribution is 6.33. The van der Waals surface area contributed by atoms with Crippen LogP contribution in [0.2, 0.25) is 5.02 Å². The van der Waals surface area contributed by atoms with Gasteiger partial charge in [-0.25, -0.2) is 13.2 Å². The van der Waals surface area contributed by atoms with Gasteiger partial charge >= 0.3 is 6.01 Å². The van der Waals surface area contributed by atoms with Gasteiger partial charge in [-0.15, -0.1) is 0 Å². The highest BCUT2D eigenvalue weighted by Gasteiger charge is 2.60. The van der Waals surface area contributed by atoms with Crippen LogP contribution in [0.3, 0.4) is 0 Å². The Kier molecular flexibility index (Phi) is 6.89. The van der Waals surface area contributed by atoms with Crippen molar-refractivity contribution >= 4 is 45.1 Å². The molecular weight excluding hydrogens is 645 g/mol. The minimum Gasteiger partial charge on any atom is -0.461 e. The zero-order valence-electron chi connectivity index (χ0n) is 26.4. The molecule has 4 aromatic rings. The summed E-state index contributed by atoms with van der Waals surface area (Å²) in [4.78, 5) is 31.4. The number of aromatic nitrogens is 5. The first-order chi connectivity index (χ1) is 23.2. The van der Waals surface area contributed by atoms with Crippen molar-refractivity contribution in [1.29, 1.82) is 0 Å². The van der Waals surface area contributed by atoms with Crippen LogP contribution in [0.5, 0.6) is 6.01 Å². The van der Waals surface area contributed by atoms with Crippen molar-refractivity contribution in [2.24, 2.45) is 5.41 Å². The number of rotatable bonds is 3. The van der Waals surface area contributed by atoms with Gasteiger partial charge in [0, 0.05) is 54.8 Å². The molecule has 14 heteroatoms. The van der Waals surface area contributed by atoms with Crippen LogP contribution >= 0.6 is 11.6 Å². The van der Waals surface area contributed by atoms with Crippen LogP contribution in [-0.4, -0.2) is 92.7 Å². The largest absolute Gasteiger partial charge is 0.461 e. The summed E-state index contributed by atoms with van der Waals surface area (Å²) in [6.07, 6.45) is 7.02. The standard InChI is InChI=1S/C34H36ClF3N8O2/c35-23-10-24-21(13-41-44-24)25-20(23)4-1-7-39-30(47)34(38)15-32(16-34)5-2-8-45(17-32)29-22-12-40-28(25)26(37)27(22)42-31(43-29)48-18-33-6-3-9-46(33)14-19(36)11-33/h10,12-13,19H,1-9,11,14-18H2,(H,39,47)(H,41,44)/t19-,32?,33+,34?/m1/s1. The lowest BCUT2D eigenvalue weighted by Crippen LogP contribution is -2.62. The number of amides is 1. The molecule has 3 aromatic heterocycles. The fourth-order valence-corrected chi connectivity index (χ4v) is 9.66. The number of anilines is 1. The molecule has 1 amide bonds. The highest BCUT2D eigenvalue weighted by atomic mass is 35.5. The minimum absolute atomic E-state index is 0.00206. The second kappa shape index (κ2) is 10.9. The van der Waals surface area contributed by atoms with Crippen LogP contribution in [0.4, 0.5) is 19.0 Å². The van der Waals surface area contributed by atoms with Gasteiger partial charge in [0.25, 0.3) is 5.91 Å². The van der Waals surface area contributed by atoms with Crippen molar-refractivity contribution in [2.75, 3.05) is 44.2 Å². The number of nitrogens with one attached hydrogen (secondary N) is 2. The number of hydrogen-bond donors (Lipinski definition) is 2. The predicted octanol–water partition coefficient (Wildman–Crippen LogP) is 5.47. The Hall–Kier alpha value is -3.71. The van der Waals surface area contributed by atoms with E-state index in [-0.39, 0.29) is 43.2 Å². The van der Waals surface area contributed by atoms with Gasteiger partial charge in [0.2, 0.25) is 0 Å². The Balaban J connectivity index is 1.21. The topological polar surface area (TPSA) is 112 Å². The van der Waals surface area contributed by atoms with Crippen LogP contribution < -0.4 is 15.0 Å². The lowest BCUT2D eigenvalue weighted by molar-refractivity contribution is -0.152. The third-order valence-electron chi connectivity index (χ3n) is 11.5. The van der Waals surface area contributed by atoms with Gasteiger partial charge in [-0.2, -0.15) is 15.1 Å². The van der Waals surface area contributed by atoms with E-state index >= 15 is 8.78 Å². The average Bonchev–Trinajstić information content (AvgIpc) is 3.75. The predicted molar refractivity (Wildman–Crippen MR) is 174 cm³/mol. The van der Waals surface area contributed by atoms with E-state index in [2.05, 4.69) is 30.4 Å². The molecule has 252 valence electrons. The molecule has 1 saturated carbocycles. The quantitative estimate of drug-likeness (QED) is 0.293. The summed E-state index contributed by atoms with van der Waals surface area (Å²) in [5.41, 5.74) is -0.956. The molecule has 48 heavy (non-hydrogen) atoms. The number of carbonyl (C=O) groups excluding carboxylic acids is 1. The van der Waals surface area contributed by atoms with Crippen LogP contribution in [0.25, 0.3) is 33.1 Å². The minimum atomic E-state index is -1.94. The summed E-state index contributed by atoms with van der Waals surface area (Å²) in [5.74, 6) is -0.783. The van der Waals surface area contributed by atoms with Gasteiger partial charge in [0.1, 0.15) is 29.8 Å². The molecule has 9 heterocycles. The molecule has 2 atom stereocenters. The summed E-state index contributed by atoms with van der Waals surface area (Å²) < 4.78 is 53.9. The normalized spacial score (nSPS) is 30.4. The van der Waals surface area contributed by atoms with Gasteiger partial charge in [-0.05, 0) is 75.0 Å². The monoisotopic (exact) mass is 680 g/mol. The summed E-state index contributed by atoms with van der Waals surface area (Å²) in [6, 6.07) is 1.74. The van der Waals surface area contributed by atoms with E-state index in [1.54, 1.807) is 18.5 Å². The number of nitrogens with zero attached hydrogens (tertiary/aromatic N) is 6. The number of pyridine rings is 1. The van der Waals surface area contributed by atoms with E-state index in [1.165, 1.54) is 0 Å². The summed E-state index contributed by atoms with van der Waals surface area (Å²) in [5, 5.41) is 11.3. The first-order valence-electron chi connectivity index (χ1n) is 16.9. The molecule has 10 nitrogen and oxygen atoms in total. The van der Waals surface area contributed by atoms with Gasteiger partial charge < -0.3 is 15.0 Å². The Morgan fingerprint density at radius 1 is 1.10 bits per heavy atom. The fraction of sp³-hybridized carbons (Fsp3) is 0.559. The number of carbonyl (C=O) groups is 1. The molecule has 1 aromatic carbocycles. The number of alkyl halides is 2. The molecule has 2 N–H and O–H groups in total. The lowest BCUT2D eigenvalue weighted by Gasteiger charge is -2.55. The van der Waals surface area contributed by atoms with E-state index in [0.29, 0.717) is 77.2 Å². The molecule has 1 spiro atoms. The zero-order valence-corrected chi connectivity index (χ0v) is 27.2. The highest BCUT2D eigenvalue weighted by Crippen LogP contribution is 2.56. The third kappa shape index (κ3) is 4.67. The molecule has 1 aliphatic carbocycles. The van der Waals surface area contributed by atoms with Gasteiger partial charge in [-0.3, -0.25) is 19.8 Å². The number of fused-ring (bicyclic) bond motifs is 2. The van der Waals surface area contributed by atoms with Crippen molar-refractivity contribution in [2.45, 2.75) is 75.2 Å². The number of benzene rings is 1. The molecule has 0 unspecified atom stereocenters. The van der Waals surface area contributed by atoms with Gasteiger partial charge in [-0.1, -0.05) is 11.6 Å². The van der Waals surface area contributed by atoms with E-state index in [4.69, 9.17) is 21.3 Å². The zero-order chi connectivity index (χ0) is 32.8. The molecule has 6 aliphatic heterocycles. The van der Waals surface area contributed by atoms with Gasteiger partial charge in [0.15, 0.2) is 11.5 Å². The van der Waals surface area contributed by atoms with Crippen molar-refractivity contribution in [1.82, 2.24) is 35.4 Å². The summed E-state index contributed by atoms with van der Waals surface area (Å²) >= 11 is 6.80. The fourth-order valence-electron chi connectivity index (χ4n) is 9.37. The molecule has 0 radical (unpaired) electrons. The number of H-pyrrole nitrogens is 1. The first kappa shape index (κ1) is 30.4. The Morgan fingerprint density at radius 2 is 1.96 bits per heavy atom. The maximum absolute atomic E-state index is 17.1. The van der Waals surface area contributed by atoms with Crippen LogP contribution in [0, 0.1) is 11.2 Å². The maximum atomic E-state index is 17.1. The van der Waals surface area contributed by atoms with E-state index in [9.17, 15) is 9.18 Å². The Bertz CT molecular complexity index is 1970. The number of ether oxygens (including phenoxy) is 1. The molecule has 4 fully saturated rings. The maximum Gasteiger partial charge on any atom is 0.319 e. The first-order valence-corrected chi connectivity index (χ1v) is 17.3. The molecule has 7 aliphatic rings. The number of hydrogen-bond acceptors (Lipinski definition) is 8. The van der Waals surface area contributed by atoms with Crippen molar-refractivity contribution in [3.8, 4) is 17.3 Å². The SMILES string of the molecule is O=C1NCCCc2c(Cl)cc3[nH]ncc3c2-c2ncc3c(nc(OC[C@@]45CCCN4C[C@H](F)C5)nc3c2F)N2CCCC3(C2)CC1(F)C3. The molecule has 11 rings (SSSR count). The second-order valence-electron chi connectivity index (χ2n) is 14.6. The smallest absolute Gasteiger partial charge is 0.319 e.